The third kappa shape index (κ3) is 20.5. The lowest BCUT2D eigenvalue weighted by Crippen LogP contribution is -2.03. The van der Waals surface area contributed by atoms with Gasteiger partial charge in [0.25, 0.3) is 0 Å². The van der Waals surface area contributed by atoms with Gasteiger partial charge >= 0.3 is 17.9 Å². The highest BCUT2D eigenvalue weighted by molar-refractivity contribution is 5.84. The fraction of sp³-hybridized carbons (Fsp3) is 0.688. The van der Waals surface area contributed by atoms with E-state index in [1.165, 1.54) is 6.92 Å². The van der Waals surface area contributed by atoms with Crippen molar-refractivity contribution in [3.8, 4) is 0 Å². The molecule has 6 nitrogen and oxygen atoms in total. The van der Waals surface area contributed by atoms with Gasteiger partial charge < -0.3 is 14.9 Å². The summed E-state index contributed by atoms with van der Waals surface area (Å²) >= 11 is 0. The molecule has 0 aliphatic carbocycles. The molecule has 0 saturated heterocycles. The van der Waals surface area contributed by atoms with Crippen LogP contribution in [0.4, 0.5) is 0 Å². The minimum Gasteiger partial charge on any atom is -0.481 e. The summed E-state index contributed by atoms with van der Waals surface area (Å²) in [5, 5.41) is 16.3. The first-order valence-corrected chi connectivity index (χ1v) is 7.57. The maximum absolute atomic E-state index is 11.0. The third-order valence-corrected chi connectivity index (χ3v) is 2.69. The van der Waals surface area contributed by atoms with Crippen molar-refractivity contribution in [3.05, 3.63) is 12.2 Å². The minimum atomic E-state index is -0.935. The van der Waals surface area contributed by atoms with E-state index in [0.717, 1.165) is 38.5 Å². The van der Waals surface area contributed by atoms with Gasteiger partial charge in [-0.25, -0.2) is 4.79 Å². The predicted molar refractivity (Wildman–Crippen MR) is 83.7 cm³/mol. The molecular formula is C16H28O6. The second-order valence-corrected chi connectivity index (χ2v) is 4.91. The molecule has 0 aromatic rings. The maximum Gasteiger partial charge on any atom is 0.330 e. The van der Waals surface area contributed by atoms with E-state index in [4.69, 9.17) is 14.9 Å². The molecule has 0 unspecified atom stereocenters. The van der Waals surface area contributed by atoms with Crippen molar-refractivity contribution in [2.75, 3.05) is 6.61 Å². The first-order valence-electron chi connectivity index (χ1n) is 7.57. The summed E-state index contributed by atoms with van der Waals surface area (Å²) in [4.78, 5) is 30.8. The highest BCUT2D eigenvalue weighted by Crippen LogP contribution is 2.08. The standard InChI is InChI=1S/C12H22O4.C4H6O2/c1-2-16-12(15)10-8-6-4-3-5-7-9-11(13)14;1-3(2)4(5)6/h2-10H2,1H3,(H,13,14);1H2,2H3,(H,5,6). The first-order chi connectivity index (χ1) is 10.3. The van der Waals surface area contributed by atoms with Crippen LogP contribution in [0.1, 0.15) is 65.2 Å². The van der Waals surface area contributed by atoms with Crippen LogP contribution in [0.5, 0.6) is 0 Å². The zero-order chi connectivity index (χ0) is 17.4. The van der Waals surface area contributed by atoms with E-state index in [1.807, 2.05) is 0 Å². The van der Waals surface area contributed by atoms with Crippen LogP contribution >= 0.6 is 0 Å². The van der Waals surface area contributed by atoms with E-state index in [-0.39, 0.29) is 18.0 Å². The van der Waals surface area contributed by atoms with Crippen molar-refractivity contribution in [2.45, 2.75) is 65.2 Å². The van der Waals surface area contributed by atoms with Crippen LogP contribution in [-0.2, 0) is 19.1 Å². The van der Waals surface area contributed by atoms with Crippen LogP contribution in [-0.4, -0.2) is 34.7 Å². The van der Waals surface area contributed by atoms with Crippen LogP contribution in [0.2, 0.25) is 0 Å². The Balaban J connectivity index is 0. The van der Waals surface area contributed by atoms with E-state index >= 15 is 0 Å². The minimum absolute atomic E-state index is 0.117. The Hall–Kier alpha value is -1.85. The molecule has 0 spiro atoms. The van der Waals surface area contributed by atoms with Crippen molar-refractivity contribution < 1.29 is 29.3 Å². The molecule has 0 radical (unpaired) electrons. The number of carboxylic acid groups (broad SMARTS) is 2. The van der Waals surface area contributed by atoms with Crippen LogP contribution in [0.15, 0.2) is 12.2 Å². The lowest BCUT2D eigenvalue weighted by atomic mass is 10.1. The van der Waals surface area contributed by atoms with Crippen molar-refractivity contribution >= 4 is 17.9 Å². The summed E-state index contributed by atoms with van der Waals surface area (Å²) in [7, 11) is 0. The molecule has 0 amide bonds. The topological polar surface area (TPSA) is 101 Å². The number of unbranched alkanes of at least 4 members (excludes halogenated alkanes) is 5. The Morgan fingerprint density at radius 2 is 1.32 bits per heavy atom. The quantitative estimate of drug-likeness (QED) is 0.344. The zero-order valence-electron chi connectivity index (χ0n) is 13.6. The van der Waals surface area contributed by atoms with Crippen molar-refractivity contribution in [2.24, 2.45) is 0 Å². The van der Waals surface area contributed by atoms with Crippen molar-refractivity contribution in [3.63, 3.8) is 0 Å². The summed E-state index contributed by atoms with van der Waals surface area (Å²) in [6.45, 7) is 6.86. The second kappa shape index (κ2) is 15.5. The van der Waals surface area contributed by atoms with Gasteiger partial charge in [-0.05, 0) is 26.7 Å². The Morgan fingerprint density at radius 3 is 1.68 bits per heavy atom. The molecule has 0 atom stereocenters. The Labute approximate surface area is 132 Å². The van der Waals surface area contributed by atoms with Gasteiger partial charge in [-0.3, -0.25) is 9.59 Å². The van der Waals surface area contributed by atoms with E-state index in [1.54, 1.807) is 6.92 Å². The van der Waals surface area contributed by atoms with Crippen LogP contribution in [0, 0.1) is 0 Å². The summed E-state index contributed by atoms with van der Waals surface area (Å²) in [5.41, 5.74) is 0.176. The molecule has 22 heavy (non-hydrogen) atoms. The molecule has 6 heteroatoms. The zero-order valence-corrected chi connectivity index (χ0v) is 13.6. The molecule has 0 aliphatic rings. The number of esters is 1. The molecule has 0 bridgehead atoms. The number of hydrogen-bond donors (Lipinski definition) is 2. The first kappa shape index (κ1) is 22.4. The van der Waals surface area contributed by atoms with Gasteiger partial charge in [0, 0.05) is 18.4 Å². The highest BCUT2D eigenvalue weighted by Gasteiger charge is 2.01. The number of carbonyl (C=O) groups is 3. The molecule has 0 rings (SSSR count). The number of hydrogen-bond acceptors (Lipinski definition) is 4. The van der Waals surface area contributed by atoms with Crippen LogP contribution < -0.4 is 0 Å². The van der Waals surface area contributed by atoms with Gasteiger partial charge in [-0.2, -0.15) is 0 Å². The Bertz CT molecular complexity index is 337. The largest absolute Gasteiger partial charge is 0.481 e. The van der Waals surface area contributed by atoms with E-state index in [0.29, 0.717) is 13.0 Å². The molecule has 0 aliphatic heterocycles. The lowest BCUT2D eigenvalue weighted by molar-refractivity contribution is -0.143. The van der Waals surface area contributed by atoms with E-state index in [2.05, 4.69) is 6.58 Å². The summed E-state index contributed by atoms with van der Waals surface area (Å²) in [6.07, 6.45) is 6.50. The number of carbonyl (C=O) groups excluding carboxylic acids is 1. The number of carboxylic acids is 2. The average Bonchev–Trinajstić information content (AvgIpc) is 2.42. The molecule has 0 aromatic heterocycles. The van der Waals surface area contributed by atoms with Crippen molar-refractivity contribution in [1.29, 1.82) is 0 Å². The predicted octanol–water partition coefficient (Wildman–Crippen LogP) is 3.40. The highest BCUT2D eigenvalue weighted by atomic mass is 16.5. The van der Waals surface area contributed by atoms with Gasteiger partial charge in [-0.1, -0.05) is 32.3 Å². The molecular weight excluding hydrogens is 288 g/mol. The molecule has 0 heterocycles. The van der Waals surface area contributed by atoms with Crippen LogP contribution in [0.25, 0.3) is 0 Å². The van der Waals surface area contributed by atoms with Crippen LogP contribution in [0.3, 0.4) is 0 Å². The van der Waals surface area contributed by atoms with Crippen molar-refractivity contribution in [1.82, 2.24) is 0 Å². The normalized spacial score (nSPS) is 9.36. The SMILES string of the molecule is C=C(C)C(=O)O.CCOC(=O)CCCCCCCCC(=O)O. The molecule has 128 valence electrons. The summed E-state index contributed by atoms with van der Waals surface area (Å²) in [5.74, 6) is -1.77. The Morgan fingerprint density at radius 1 is 0.909 bits per heavy atom. The lowest BCUT2D eigenvalue weighted by Gasteiger charge is -2.02. The van der Waals surface area contributed by atoms with Gasteiger partial charge in [-0.15, -0.1) is 0 Å². The van der Waals surface area contributed by atoms with E-state index in [9.17, 15) is 14.4 Å². The van der Waals surface area contributed by atoms with Gasteiger partial charge in [0.2, 0.25) is 0 Å². The summed E-state index contributed by atoms with van der Waals surface area (Å²) in [6, 6.07) is 0. The van der Waals surface area contributed by atoms with E-state index < -0.39 is 11.9 Å². The summed E-state index contributed by atoms with van der Waals surface area (Å²) < 4.78 is 4.81. The Kier molecular flexibility index (Phi) is 15.8. The number of aliphatic carboxylic acids is 2. The fourth-order valence-corrected chi connectivity index (χ4v) is 1.49. The van der Waals surface area contributed by atoms with Gasteiger partial charge in [0.15, 0.2) is 0 Å². The monoisotopic (exact) mass is 316 g/mol. The smallest absolute Gasteiger partial charge is 0.330 e. The number of ether oxygens (including phenoxy) is 1. The maximum atomic E-state index is 11.0. The molecule has 0 aromatic carbocycles. The fourth-order valence-electron chi connectivity index (χ4n) is 1.49. The number of rotatable bonds is 11. The third-order valence-electron chi connectivity index (χ3n) is 2.69. The van der Waals surface area contributed by atoms with Gasteiger partial charge in [0.1, 0.15) is 0 Å². The molecule has 0 saturated carbocycles. The molecule has 2 N–H and O–H groups in total. The second-order valence-electron chi connectivity index (χ2n) is 4.91. The molecule has 0 fully saturated rings. The van der Waals surface area contributed by atoms with Gasteiger partial charge in [0.05, 0.1) is 6.61 Å². The average molecular weight is 316 g/mol.